The highest BCUT2D eigenvalue weighted by Gasteiger charge is 2.54. The summed E-state index contributed by atoms with van der Waals surface area (Å²) >= 11 is 0. The van der Waals surface area contributed by atoms with Gasteiger partial charge in [0.15, 0.2) is 5.92 Å². The largest absolute Gasteiger partial charge is 0.402 e. The molecule has 0 bridgehead atoms. The number of nitrogens with zero attached hydrogens (tertiary/aromatic N) is 5. The van der Waals surface area contributed by atoms with Crippen molar-refractivity contribution in [1.29, 1.82) is 5.26 Å². The molecule has 3 aliphatic rings. The van der Waals surface area contributed by atoms with Crippen LogP contribution >= 0.6 is 0 Å². The number of carbonyl (C=O) groups excluding carboxylic acids is 2. The van der Waals surface area contributed by atoms with E-state index in [0.29, 0.717) is 51.3 Å². The molecule has 2 aromatic rings. The summed E-state index contributed by atoms with van der Waals surface area (Å²) in [5.41, 5.74) is 7.15. The van der Waals surface area contributed by atoms with Crippen molar-refractivity contribution in [2.45, 2.75) is 31.2 Å². The quantitative estimate of drug-likeness (QED) is 0.438. The van der Waals surface area contributed by atoms with Gasteiger partial charge in [0.2, 0.25) is 11.8 Å². The lowest BCUT2D eigenvalue weighted by atomic mass is 9.93. The Kier molecular flexibility index (Phi) is 8.20. The van der Waals surface area contributed by atoms with E-state index in [4.69, 9.17) is 5.26 Å². The number of amides is 2. The van der Waals surface area contributed by atoms with Crippen molar-refractivity contribution >= 4 is 17.6 Å². The Hall–Kier alpha value is -3.73. The molecule has 13 heteroatoms. The normalized spacial score (nSPS) is 23.4. The molecule has 3 aliphatic heterocycles. The number of nitriles is 1. The number of nitrogens with one attached hydrogen (secondary N) is 3. The van der Waals surface area contributed by atoms with Crippen LogP contribution in [0.2, 0.25) is 0 Å². The number of carbonyl (C=O) groups is 2. The molecule has 3 atom stereocenters. The molecule has 2 amide bonds. The summed E-state index contributed by atoms with van der Waals surface area (Å²) in [5, 5.41) is 12.1. The van der Waals surface area contributed by atoms with E-state index in [1.807, 2.05) is 30.3 Å². The van der Waals surface area contributed by atoms with Gasteiger partial charge >= 0.3 is 6.18 Å². The molecule has 212 valence electrons. The summed E-state index contributed by atoms with van der Waals surface area (Å²) in [5.74, 6) is -2.47. The third-order valence-electron chi connectivity index (χ3n) is 7.84. The molecule has 1 aromatic heterocycles. The second-order valence-corrected chi connectivity index (χ2v) is 10.2. The Morgan fingerprint density at radius 2 is 1.93 bits per heavy atom. The lowest BCUT2D eigenvalue weighted by Crippen LogP contribution is -2.64. The zero-order chi connectivity index (χ0) is 28.3. The Labute approximate surface area is 230 Å². The predicted molar refractivity (Wildman–Crippen MR) is 139 cm³/mol. The molecule has 3 N–H and O–H groups in total. The molecule has 0 spiro atoms. The fourth-order valence-corrected chi connectivity index (χ4v) is 5.82. The lowest BCUT2D eigenvalue weighted by Gasteiger charge is -2.41. The lowest BCUT2D eigenvalue weighted by molar-refractivity contribution is -0.202. The molecule has 40 heavy (non-hydrogen) atoms. The predicted octanol–water partition coefficient (Wildman–Crippen LogP) is 1.32. The number of hydrogen-bond donors (Lipinski definition) is 3. The van der Waals surface area contributed by atoms with E-state index in [-0.39, 0.29) is 25.0 Å². The van der Waals surface area contributed by atoms with E-state index in [0.717, 1.165) is 16.9 Å². The summed E-state index contributed by atoms with van der Waals surface area (Å²) in [6.45, 7) is 3.20. The van der Waals surface area contributed by atoms with Gasteiger partial charge < -0.3 is 15.1 Å². The van der Waals surface area contributed by atoms with Gasteiger partial charge in [0, 0.05) is 57.5 Å². The highest BCUT2D eigenvalue weighted by atomic mass is 19.4. The molecule has 2 unspecified atom stereocenters. The summed E-state index contributed by atoms with van der Waals surface area (Å²) < 4.78 is 41.7. The highest BCUT2D eigenvalue weighted by Crippen LogP contribution is 2.42. The Morgan fingerprint density at radius 3 is 2.62 bits per heavy atom. The van der Waals surface area contributed by atoms with Gasteiger partial charge in [0.05, 0.1) is 12.1 Å². The molecule has 0 aliphatic carbocycles. The van der Waals surface area contributed by atoms with Gasteiger partial charge in [-0.25, -0.2) is 10.4 Å². The fourth-order valence-electron chi connectivity index (χ4n) is 5.82. The number of fused-ring (bicyclic) bond motifs is 1. The van der Waals surface area contributed by atoms with Crippen LogP contribution in [0.15, 0.2) is 42.6 Å². The average Bonchev–Trinajstić information content (AvgIpc) is 3.33. The van der Waals surface area contributed by atoms with Gasteiger partial charge in [-0.15, -0.1) is 0 Å². The maximum absolute atomic E-state index is 13.9. The third-order valence-corrected chi connectivity index (χ3v) is 7.84. The van der Waals surface area contributed by atoms with E-state index in [1.54, 1.807) is 21.9 Å². The molecule has 1 aromatic carbocycles. The smallest absolute Gasteiger partial charge is 0.353 e. The van der Waals surface area contributed by atoms with Crippen LogP contribution in [-0.4, -0.2) is 84.6 Å². The minimum atomic E-state index is -4.67. The molecule has 0 saturated carbocycles. The van der Waals surface area contributed by atoms with E-state index >= 15 is 0 Å². The standard InChI is InChI=1S/C27H31F3N8O2/c28-27(29,30)25-22(15-34-35-26(25)40)38-17-19-3-1-2-4-20(19)21(38)7-8-32-16-24(39)37-11-9-36(10-12-37)23-6-5-18(13-31)14-33-23/h1-6,14,21-22,25,32,34H,7-12,15-17H2,(H,35,40)/t21-,22?,25?/m1/s1. The summed E-state index contributed by atoms with van der Waals surface area (Å²) in [4.78, 5) is 35.0. The molecular formula is C27H31F3N8O2. The second kappa shape index (κ2) is 11.8. The minimum Gasteiger partial charge on any atom is -0.353 e. The van der Waals surface area contributed by atoms with Crippen LogP contribution in [0.5, 0.6) is 0 Å². The molecule has 0 radical (unpaired) electrons. The zero-order valence-electron chi connectivity index (χ0n) is 21.8. The van der Waals surface area contributed by atoms with Gasteiger partial charge in [-0.2, -0.15) is 18.4 Å². The molecule has 2 saturated heterocycles. The van der Waals surface area contributed by atoms with Crippen LogP contribution < -0.4 is 21.1 Å². The maximum Gasteiger partial charge on any atom is 0.402 e. The SMILES string of the molecule is N#Cc1ccc(N2CCN(C(=O)CNCC[C@@H]3c4ccccc4CN3C3CNNC(=O)C3C(F)(F)F)CC2)nc1. The number of hydrazine groups is 1. The first kappa shape index (κ1) is 27.8. The van der Waals surface area contributed by atoms with E-state index in [9.17, 15) is 22.8 Å². The number of piperazine rings is 1. The first-order valence-corrected chi connectivity index (χ1v) is 13.3. The van der Waals surface area contributed by atoms with Crippen LogP contribution in [0, 0.1) is 17.2 Å². The minimum absolute atomic E-state index is 0.0176. The van der Waals surface area contributed by atoms with Crippen LogP contribution in [0.3, 0.4) is 0 Å². The third kappa shape index (κ3) is 5.89. The Morgan fingerprint density at radius 1 is 1.15 bits per heavy atom. The van der Waals surface area contributed by atoms with E-state index < -0.39 is 24.0 Å². The van der Waals surface area contributed by atoms with Crippen molar-refractivity contribution < 1.29 is 22.8 Å². The molecule has 5 rings (SSSR count). The monoisotopic (exact) mass is 556 g/mol. The van der Waals surface area contributed by atoms with Gasteiger partial charge in [0.1, 0.15) is 11.9 Å². The first-order chi connectivity index (χ1) is 19.3. The molecule has 4 heterocycles. The Bertz CT molecular complexity index is 1260. The van der Waals surface area contributed by atoms with Crippen molar-refractivity contribution in [2.24, 2.45) is 5.92 Å². The van der Waals surface area contributed by atoms with Gasteiger partial charge in [-0.1, -0.05) is 24.3 Å². The van der Waals surface area contributed by atoms with Crippen molar-refractivity contribution in [3.8, 4) is 6.07 Å². The topological polar surface area (TPSA) is 117 Å². The number of alkyl halides is 3. The number of hydrogen-bond acceptors (Lipinski definition) is 8. The summed E-state index contributed by atoms with van der Waals surface area (Å²) in [7, 11) is 0. The number of halogens is 3. The van der Waals surface area contributed by atoms with E-state index in [2.05, 4.69) is 26.1 Å². The molecule has 10 nitrogen and oxygen atoms in total. The number of pyridine rings is 1. The van der Waals surface area contributed by atoms with Crippen LogP contribution in [0.25, 0.3) is 0 Å². The van der Waals surface area contributed by atoms with Crippen LogP contribution in [0.1, 0.15) is 29.2 Å². The maximum atomic E-state index is 13.9. The van der Waals surface area contributed by atoms with Gasteiger partial charge in [0.25, 0.3) is 0 Å². The van der Waals surface area contributed by atoms with Crippen molar-refractivity contribution in [1.82, 2.24) is 31.0 Å². The second-order valence-electron chi connectivity index (χ2n) is 10.2. The summed E-state index contributed by atoms with van der Waals surface area (Å²) in [6, 6.07) is 11.8. The summed E-state index contributed by atoms with van der Waals surface area (Å²) in [6.07, 6.45) is -2.64. The zero-order valence-corrected chi connectivity index (χ0v) is 21.8. The number of benzene rings is 1. The van der Waals surface area contributed by atoms with Gasteiger partial charge in [-0.3, -0.25) is 19.9 Å². The average molecular weight is 557 g/mol. The Balaban J connectivity index is 1.15. The van der Waals surface area contributed by atoms with Crippen LogP contribution in [-0.2, 0) is 16.1 Å². The molecule has 2 fully saturated rings. The number of aromatic nitrogens is 1. The van der Waals surface area contributed by atoms with Crippen LogP contribution in [0.4, 0.5) is 19.0 Å². The molecular weight excluding hydrogens is 525 g/mol. The number of anilines is 1. The van der Waals surface area contributed by atoms with Crippen molar-refractivity contribution in [3.63, 3.8) is 0 Å². The highest BCUT2D eigenvalue weighted by molar-refractivity contribution is 5.80. The van der Waals surface area contributed by atoms with Gasteiger partial charge in [-0.05, 0) is 36.2 Å². The fraction of sp³-hybridized carbons (Fsp3) is 0.481. The number of rotatable bonds is 7. The first-order valence-electron chi connectivity index (χ1n) is 13.3. The van der Waals surface area contributed by atoms with Crippen molar-refractivity contribution in [2.75, 3.05) is 50.7 Å². The van der Waals surface area contributed by atoms with E-state index in [1.165, 1.54) is 6.20 Å². The van der Waals surface area contributed by atoms with Crippen molar-refractivity contribution in [3.05, 3.63) is 59.3 Å².